The average Bonchev–Trinajstić information content (AvgIpc) is 3.51. The fraction of sp³-hybridized carbons (Fsp3) is 0.304. The maximum Gasteiger partial charge on any atom is 0.268 e. The van der Waals surface area contributed by atoms with Gasteiger partial charge in [-0.2, -0.15) is 0 Å². The van der Waals surface area contributed by atoms with Crippen molar-refractivity contribution in [1.29, 1.82) is 0 Å². The number of nitrogens with zero attached hydrogens (tertiary/aromatic N) is 1. The summed E-state index contributed by atoms with van der Waals surface area (Å²) < 4.78 is 26.8. The summed E-state index contributed by atoms with van der Waals surface area (Å²) in [4.78, 5) is 41.9. The number of primary amides is 1. The number of carbonyl (C=O) groups excluding carboxylic acids is 3. The molecule has 2 aromatic carbocycles. The van der Waals surface area contributed by atoms with Crippen LogP contribution in [0.2, 0.25) is 5.02 Å². The van der Waals surface area contributed by atoms with E-state index in [1.54, 1.807) is 0 Å². The number of anilines is 1. The zero-order valence-corrected chi connectivity index (χ0v) is 18.7. The van der Waals surface area contributed by atoms with Crippen molar-refractivity contribution in [2.45, 2.75) is 24.8 Å². The molecule has 178 valence electrons. The fourth-order valence-electron chi connectivity index (χ4n) is 3.85. The van der Waals surface area contributed by atoms with Crippen LogP contribution in [0.5, 0.6) is 0 Å². The first-order valence-corrected chi connectivity index (χ1v) is 11.0. The average molecular weight is 490 g/mol. The van der Waals surface area contributed by atoms with Crippen LogP contribution in [0.25, 0.3) is 0 Å². The Morgan fingerprint density at radius 2 is 1.79 bits per heavy atom. The minimum atomic E-state index is -1.63. The molecule has 3 amide bonds. The SMILES string of the molecule is NC(=O)C1(c2ccc(NC(=O)c3cc(F)c(F)cc3Cl)cc2)NCN=C1C(=O)NCCC1CC1. The van der Waals surface area contributed by atoms with E-state index in [-0.39, 0.29) is 23.0 Å². The maximum atomic E-state index is 13.5. The molecular formula is C23H22ClF2N5O3. The highest BCUT2D eigenvalue weighted by Crippen LogP contribution is 2.32. The summed E-state index contributed by atoms with van der Waals surface area (Å²) in [7, 11) is 0. The largest absolute Gasteiger partial charge is 0.367 e. The smallest absolute Gasteiger partial charge is 0.268 e. The number of hydrogen-bond donors (Lipinski definition) is 4. The van der Waals surface area contributed by atoms with Gasteiger partial charge in [-0.05, 0) is 42.2 Å². The van der Waals surface area contributed by atoms with E-state index in [1.807, 2.05) is 0 Å². The van der Waals surface area contributed by atoms with Crippen LogP contribution in [0.4, 0.5) is 14.5 Å². The zero-order chi connectivity index (χ0) is 24.5. The lowest BCUT2D eigenvalue weighted by Crippen LogP contribution is -2.58. The van der Waals surface area contributed by atoms with Gasteiger partial charge >= 0.3 is 0 Å². The number of hydrogen-bond acceptors (Lipinski definition) is 5. The van der Waals surface area contributed by atoms with Crippen LogP contribution in [0.15, 0.2) is 41.4 Å². The summed E-state index contributed by atoms with van der Waals surface area (Å²) in [5.74, 6) is -3.77. The van der Waals surface area contributed by atoms with Crippen molar-refractivity contribution in [3.63, 3.8) is 0 Å². The fourth-order valence-corrected chi connectivity index (χ4v) is 4.08. The number of rotatable bonds is 8. The van der Waals surface area contributed by atoms with E-state index < -0.39 is 34.9 Å². The summed E-state index contributed by atoms with van der Waals surface area (Å²) in [5, 5.41) is 7.99. The zero-order valence-electron chi connectivity index (χ0n) is 18.0. The first kappa shape index (κ1) is 23.8. The molecule has 2 aromatic rings. The van der Waals surface area contributed by atoms with Gasteiger partial charge in [0.05, 0.1) is 17.3 Å². The molecule has 1 heterocycles. The Kier molecular flexibility index (Phi) is 6.63. The standard InChI is InChI=1S/C23H22ClF2N5O3/c24-16-10-18(26)17(25)9-15(16)20(32)31-14-5-3-13(4-6-14)23(22(27)34)19(29-11-30-23)21(33)28-8-7-12-1-2-12/h3-6,9-10,12,30H,1-2,7-8,11H2,(H2,27,34)(H,28,33)(H,31,32). The van der Waals surface area contributed by atoms with Gasteiger partial charge in [0, 0.05) is 12.2 Å². The van der Waals surface area contributed by atoms with Crippen molar-refractivity contribution in [1.82, 2.24) is 10.6 Å². The molecule has 1 saturated carbocycles. The maximum absolute atomic E-state index is 13.5. The Balaban J connectivity index is 1.52. The molecule has 1 aliphatic heterocycles. The van der Waals surface area contributed by atoms with E-state index in [1.165, 1.54) is 24.3 Å². The lowest BCUT2D eigenvalue weighted by molar-refractivity contribution is -0.123. The summed E-state index contributed by atoms with van der Waals surface area (Å²) >= 11 is 5.85. The van der Waals surface area contributed by atoms with Crippen molar-refractivity contribution >= 4 is 40.7 Å². The minimum absolute atomic E-state index is 0.0267. The summed E-state index contributed by atoms with van der Waals surface area (Å²) in [5.41, 5.74) is 4.46. The second-order valence-corrected chi connectivity index (χ2v) is 8.63. The van der Waals surface area contributed by atoms with Gasteiger partial charge in [-0.1, -0.05) is 36.6 Å². The third-order valence-corrected chi connectivity index (χ3v) is 6.20. The van der Waals surface area contributed by atoms with Crippen molar-refractivity contribution in [2.24, 2.45) is 16.6 Å². The first-order chi connectivity index (χ1) is 16.2. The monoisotopic (exact) mass is 489 g/mol. The molecular weight excluding hydrogens is 468 g/mol. The topological polar surface area (TPSA) is 126 Å². The van der Waals surface area contributed by atoms with Gasteiger partial charge in [0.2, 0.25) is 5.91 Å². The van der Waals surface area contributed by atoms with Gasteiger partial charge in [0.1, 0.15) is 5.71 Å². The molecule has 1 atom stereocenters. The lowest BCUT2D eigenvalue weighted by Gasteiger charge is -2.28. The van der Waals surface area contributed by atoms with Crippen LogP contribution in [0, 0.1) is 17.6 Å². The molecule has 0 spiro atoms. The normalized spacial score (nSPS) is 19.4. The van der Waals surface area contributed by atoms with E-state index in [4.69, 9.17) is 17.3 Å². The predicted octanol–water partition coefficient (Wildman–Crippen LogP) is 2.47. The second kappa shape index (κ2) is 9.47. The summed E-state index contributed by atoms with van der Waals surface area (Å²) in [6, 6.07) is 7.41. The molecule has 34 heavy (non-hydrogen) atoms. The van der Waals surface area contributed by atoms with E-state index >= 15 is 0 Å². The van der Waals surface area contributed by atoms with Crippen LogP contribution >= 0.6 is 11.6 Å². The highest BCUT2D eigenvalue weighted by atomic mass is 35.5. The molecule has 1 unspecified atom stereocenters. The number of carbonyl (C=O) groups is 3. The Morgan fingerprint density at radius 1 is 1.12 bits per heavy atom. The summed E-state index contributed by atoms with van der Waals surface area (Å²) in [6.07, 6.45) is 3.19. The van der Waals surface area contributed by atoms with E-state index in [2.05, 4.69) is 20.9 Å². The van der Waals surface area contributed by atoms with Crippen LogP contribution in [0.3, 0.4) is 0 Å². The van der Waals surface area contributed by atoms with Gasteiger partial charge in [0.15, 0.2) is 17.2 Å². The van der Waals surface area contributed by atoms with Crippen molar-refractivity contribution < 1.29 is 23.2 Å². The number of nitrogens with one attached hydrogen (secondary N) is 3. The van der Waals surface area contributed by atoms with Gasteiger partial charge in [-0.15, -0.1) is 0 Å². The molecule has 0 aromatic heterocycles. The molecule has 0 bridgehead atoms. The van der Waals surface area contributed by atoms with Crippen molar-refractivity contribution in [3.05, 3.63) is 64.2 Å². The molecule has 0 saturated heterocycles. The molecule has 5 N–H and O–H groups in total. The molecule has 1 aliphatic carbocycles. The van der Waals surface area contributed by atoms with Crippen molar-refractivity contribution in [3.8, 4) is 0 Å². The summed E-state index contributed by atoms with van der Waals surface area (Å²) in [6.45, 7) is 0.510. The molecule has 0 radical (unpaired) electrons. The Bertz CT molecular complexity index is 1180. The third kappa shape index (κ3) is 4.64. The van der Waals surface area contributed by atoms with E-state index in [0.717, 1.165) is 19.3 Å². The number of benzene rings is 2. The minimum Gasteiger partial charge on any atom is -0.367 e. The molecule has 11 heteroatoms. The van der Waals surface area contributed by atoms with Crippen LogP contribution in [-0.4, -0.2) is 36.6 Å². The highest BCUT2D eigenvalue weighted by Gasteiger charge is 2.49. The Hall–Kier alpha value is -3.37. The number of aliphatic imine (C=N–C) groups is 1. The molecule has 4 rings (SSSR count). The van der Waals surface area contributed by atoms with Crippen LogP contribution < -0.4 is 21.7 Å². The lowest BCUT2D eigenvalue weighted by atomic mass is 9.84. The number of amides is 3. The van der Waals surface area contributed by atoms with E-state index in [9.17, 15) is 23.2 Å². The van der Waals surface area contributed by atoms with Gasteiger partial charge < -0.3 is 16.4 Å². The van der Waals surface area contributed by atoms with Gasteiger partial charge in [-0.3, -0.25) is 24.7 Å². The molecule has 8 nitrogen and oxygen atoms in total. The highest BCUT2D eigenvalue weighted by molar-refractivity contribution is 6.47. The Labute approximate surface area is 198 Å². The quantitative estimate of drug-likeness (QED) is 0.425. The molecule has 2 aliphatic rings. The number of nitrogens with two attached hydrogens (primary N) is 1. The first-order valence-electron chi connectivity index (χ1n) is 10.7. The second-order valence-electron chi connectivity index (χ2n) is 8.22. The van der Waals surface area contributed by atoms with Gasteiger partial charge in [0.25, 0.3) is 11.8 Å². The third-order valence-electron chi connectivity index (χ3n) is 5.89. The van der Waals surface area contributed by atoms with E-state index in [0.29, 0.717) is 35.8 Å². The van der Waals surface area contributed by atoms with Crippen LogP contribution in [-0.2, 0) is 15.1 Å². The van der Waals surface area contributed by atoms with Gasteiger partial charge in [-0.25, -0.2) is 8.78 Å². The van der Waals surface area contributed by atoms with Crippen molar-refractivity contribution in [2.75, 3.05) is 18.5 Å². The predicted molar refractivity (Wildman–Crippen MR) is 122 cm³/mol. The van der Waals surface area contributed by atoms with Crippen LogP contribution in [0.1, 0.15) is 35.2 Å². The number of halogens is 3. The Morgan fingerprint density at radius 3 is 2.44 bits per heavy atom. The molecule has 1 fully saturated rings.